The minimum absolute atomic E-state index is 0.955. The molecule has 0 amide bonds. The van der Waals surface area contributed by atoms with E-state index in [0.717, 1.165) is 33.8 Å². The highest BCUT2D eigenvalue weighted by Crippen LogP contribution is 2.43. The third-order valence-electron chi connectivity index (χ3n) is 10.5. The fourth-order valence-electron chi connectivity index (χ4n) is 8.28. The van der Waals surface area contributed by atoms with Gasteiger partial charge in [-0.25, -0.2) is 4.98 Å². The first kappa shape index (κ1) is 27.3. The summed E-state index contributed by atoms with van der Waals surface area (Å²) in [4.78, 5) is 5.23. The van der Waals surface area contributed by atoms with E-state index >= 15 is 0 Å². The van der Waals surface area contributed by atoms with Crippen LogP contribution in [0.4, 0.5) is 0 Å². The topological polar surface area (TPSA) is 22.8 Å². The molecule has 0 fully saturated rings. The van der Waals surface area contributed by atoms with E-state index in [-0.39, 0.29) is 0 Å². The van der Waals surface area contributed by atoms with Crippen LogP contribution in [-0.4, -0.2) is 14.1 Å². The third-order valence-corrected chi connectivity index (χ3v) is 10.5. The highest BCUT2D eigenvalue weighted by atomic mass is 15.1. The van der Waals surface area contributed by atoms with Crippen LogP contribution < -0.4 is 0 Å². The number of hydrogen-bond donors (Lipinski definition) is 0. The zero-order valence-corrected chi connectivity index (χ0v) is 27.1. The van der Waals surface area contributed by atoms with Gasteiger partial charge in [-0.15, -0.1) is 0 Å². The van der Waals surface area contributed by atoms with Gasteiger partial charge >= 0.3 is 0 Å². The monoisotopic (exact) mass is 635 g/mol. The number of fused-ring (bicyclic) bond motifs is 4. The summed E-state index contributed by atoms with van der Waals surface area (Å²) in [5.74, 6) is 0.955. The summed E-state index contributed by atoms with van der Waals surface area (Å²) >= 11 is 0. The molecule has 0 bridgehead atoms. The molecule has 11 aromatic rings. The van der Waals surface area contributed by atoms with E-state index in [9.17, 15) is 0 Å². The Hall–Kier alpha value is -6.71. The molecule has 3 heteroatoms. The number of imidazole rings is 1. The second-order valence-electron chi connectivity index (χ2n) is 13.2. The van der Waals surface area contributed by atoms with E-state index in [4.69, 9.17) is 4.98 Å². The zero-order chi connectivity index (χ0) is 32.8. The van der Waals surface area contributed by atoms with Crippen molar-refractivity contribution < 1.29 is 0 Å². The molecule has 0 atom stereocenters. The SMILES string of the molecule is c1ccc(-n2c(-c3ccc4ccc5c(-c6ccc(-n7c8ccccc8c8ccccc87)cc6)ccc6ccc3c4c65)nc3ccccc32)cc1. The summed E-state index contributed by atoms with van der Waals surface area (Å²) < 4.78 is 4.68. The van der Waals surface area contributed by atoms with Crippen molar-refractivity contribution in [3.8, 4) is 33.9 Å². The molecular formula is C47H29N3. The van der Waals surface area contributed by atoms with Gasteiger partial charge in [0.1, 0.15) is 5.82 Å². The van der Waals surface area contributed by atoms with E-state index < -0.39 is 0 Å². The Kier molecular flexibility index (Phi) is 5.67. The van der Waals surface area contributed by atoms with Gasteiger partial charge in [0, 0.05) is 27.7 Å². The van der Waals surface area contributed by atoms with Crippen LogP contribution in [0.3, 0.4) is 0 Å². The maximum atomic E-state index is 5.23. The van der Waals surface area contributed by atoms with Gasteiger partial charge in [0.15, 0.2) is 0 Å². The van der Waals surface area contributed by atoms with Crippen LogP contribution in [0.15, 0.2) is 176 Å². The van der Waals surface area contributed by atoms with Crippen molar-refractivity contribution in [2.24, 2.45) is 0 Å². The van der Waals surface area contributed by atoms with Gasteiger partial charge in [-0.05, 0) is 98.0 Å². The molecule has 0 aliphatic carbocycles. The minimum Gasteiger partial charge on any atom is -0.309 e. The number of nitrogens with zero attached hydrogens (tertiary/aromatic N) is 3. The molecule has 232 valence electrons. The number of aromatic nitrogens is 3. The minimum atomic E-state index is 0.955. The van der Waals surface area contributed by atoms with Crippen LogP contribution in [0.1, 0.15) is 0 Å². The molecule has 0 unspecified atom stereocenters. The quantitative estimate of drug-likeness (QED) is 0.176. The lowest BCUT2D eigenvalue weighted by Crippen LogP contribution is -1.98. The molecule has 0 aliphatic heterocycles. The maximum absolute atomic E-state index is 5.23. The van der Waals surface area contributed by atoms with Crippen molar-refractivity contribution in [3.63, 3.8) is 0 Å². The number of rotatable bonds is 4. The average molecular weight is 636 g/mol. The van der Waals surface area contributed by atoms with E-state index in [2.05, 4.69) is 185 Å². The van der Waals surface area contributed by atoms with Crippen LogP contribution in [0.25, 0.3) is 99.0 Å². The maximum Gasteiger partial charge on any atom is 0.146 e. The predicted molar refractivity (Wildman–Crippen MR) is 210 cm³/mol. The molecule has 0 saturated heterocycles. The van der Waals surface area contributed by atoms with Gasteiger partial charge in [-0.3, -0.25) is 4.57 Å². The van der Waals surface area contributed by atoms with Gasteiger partial charge in [0.2, 0.25) is 0 Å². The molecule has 2 heterocycles. The fraction of sp³-hybridized carbons (Fsp3) is 0. The summed E-state index contributed by atoms with van der Waals surface area (Å²) in [5.41, 5.74) is 10.4. The number of para-hydroxylation sites is 5. The molecule has 11 rings (SSSR count). The van der Waals surface area contributed by atoms with E-state index in [1.165, 1.54) is 65.3 Å². The average Bonchev–Trinajstić information content (AvgIpc) is 3.74. The van der Waals surface area contributed by atoms with Gasteiger partial charge in [-0.1, -0.05) is 121 Å². The van der Waals surface area contributed by atoms with Gasteiger partial charge in [0.05, 0.1) is 22.1 Å². The van der Waals surface area contributed by atoms with E-state index in [1.54, 1.807) is 0 Å². The summed E-state index contributed by atoms with van der Waals surface area (Å²) in [6.07, 6.45) is 0. The third kappa shape index (κ3) is 3.83. The lowest BCUT2D eigenvalue weighted by Gasteiger charge is -2.17. The van der Waals surface area contributed by atoms with Crippen molar-refractivity contribution in [2.45, 2.75) is 0 Å². The largest absolute Gasteiger partial charge is 0.309 e. The van der Waals surface area contributed by atoms with Crippen molar-refractivity contribution in [1.29, 1.82) is 0 Å². The Labute approximate surface area is 288 Å². The molecule has 0 saturated carbocycles. The first-order valence-corrected chi connectivity index (χ1v) is 17.1. The van der Waals surface area contributed by atoms with Crippen molar-refractivity contribution in [3.05, 3.63) is 176 Å². The molecule has 50 heavy (non-hydrogen) atoms. The summed E-state index contributed by atoms with van der Waals surface area (Å²) in [6.45, 7) is 0. The molecule has 0 N–H and O–H groups in total. The lowest BCUT2D eigenvalue weighted by molar-refractivity contribution is 1.11. The molecule has 9 aromatic carbocycles. The normalized spacial score (nSPS) is 12.0. The first-order valence-electron chi connectivity index (χ1n) is 17.1. The van der Waals surface area contributed by atoms with Crippen LogP contribution in [0, 0.1) is 0 Å². The molecule has 2 aromatic heterocycles. The first-order chi connectivity index (χ1) is 24.8. The smallest absolute Gasteiger partial charge is 0.146 e. The van der Waals surface area contributed by atoms with Crippen molar-refractivity contribution in [2.75, 3.05) is 0 Å². The van der Waals surface area contributed by atoms with E-state index in [0.29, 0.717) is 0 Å². The molecule has 3 nitrogen and oxygen atoms in total. The second-order valence-corrected chi connectivity index (χ2v) is 13.2. The Morgan fingerprint density at radius 2 is 0.860 bits per heavy atom. The van der Waals surface area contributed by atoms with Gasteiger partial charge in [-0.2, -0.15) is 0 Å². The van der Waals surface area contributed by atoms with Crippen molar-refractivity contribution >= 4 is 65.2 Å². The van der Waals surface area contributed by atoms with Crippen LogP contribution in [0.2, 0.25) is 0 Å². The van der Waals surface area contributed by atoms with Crippen LogP contribution in [0.5, 0.6) is 0 Å². The van der Waals surface area contributed by atoms with Gasteiger partial charge < -0.3 is 4.57 Å². The molecular weight excluding hydrogens is 607 g/mol. The van der Waals surface area contributed by atoms with Crippen LogP contribution in [-0.2, 0) is 0 Å². The molecule has 0 radical (unpaired) electrons. The van der Waals surface area contributed by atoms with Gasteiger partial charge in [0.25, 0.3) is 0 Å². The molecule has 0 spiro atoms. The standard InChI is InChI=1S/C47H29N3/c1-2-10-33(11-3-1)50-44-17-9-6-14-41(44)48-47(50)40-29-23-32-21-27-38-35(26-20-31-22-28-39(40)46(32)45(31)38)30-18-24-34(25-19-30)49-42-15-7-4-12-36(42)37-13-5-8-16-43(37)49/h1-29H. The Morgan fingerprint density at radius 3 is 1.54 bits per heavy atom. The highest BCUT2D eigenvalue weighted by Gasteiger charge is 2.20. The molecule has 0 aliphatic rings. The lowest BCUT2D eigenvalue weighted by atomic mass is 9.88. The number of hydrogen-bond acceptors (Lipinski definition) is 1. The number of benzene rings is 9. The summed E-state index contributed by atoms with van der Waals surface area (Å²) in [7, 11) is 0. The summed E-state index contributed by atoms with van der Waals surface area (Å²) in [5, 5.41) is 10.1. The zero-order valence-electron chi connectivity index (χ0n) is 27.1. The van der Waals surface area contributed by atoms with E-state index in [1.807, 2.05) is 0 Å². The van der Waals surface area contributed by atoms with Crippen LogP contribution >= 0.6 is 0 Å². The Morgan fingerprint density at radius 1 is 0.340 bits per heavy atom. The van der Waals surface area contributed by atoms with Crippen molar-refractivity contribution in [1.82, 2.24) is 14.1 Å². The second kappa shape index (κ2) is 10.4. The summed E-state index contributed by atoms with van der Waals surface area (Å²) in [6, 6.07) is 63.7. The Bertz CT molecular complexity index is 3020. The highest BCUT2D eigenvalue weighted by molar-refractivity contribution is 6.27. The predicted octanol–water partition coefficient (Wildman–Crippen LogP) is 12.4. The Balaban J connectivity index is 1.10. The fourth-order valence-corrected chi connectivity index (χ4v) is 8.28.